The second-order valence-electron chi connectivity index (χ2n) is 6.98. The minimum absolute atomic E-state index is 0.0915. The summed E-state index contributed by atoms with van der Waals surface area (Å²) in [5, 5.41) is 4.93. The Balaban J connectivity index is 1.38. The first-order chi connectivity index (χ1) is 13.1. The summed E-state index contributed by atoms with van der Waals surface area (Å²) in [4.78, 5) is 20.8. The third-order valence-electron chi connectivity index (χ3n) is 4.91. The molecule has 140 valence electrons. The standard InChI is InChI=1S/C20H22N4O3/c1-23(2)15-7-9-24(12-15)20(25)19-11-17(27-22-19)13-26-16-5-6-18-14(10-16)4-3-8-21-18/h3-6,8,10-11,15H,7,9,12-13H2,1-2H3. The van der Waals surface area contributed by atoms with E-state index in [0.717, 1.165) is 30.4 Å². The SMILES string of the molecule is CN(C)C1CCN(C(=O)c2cc(COc3ccc4ncccc4c3)on2)C1. The van der Waals surface area contributed by atoms with Gasteiger partial charge in [0, 0.05) is 36.8 Å². The number of hydrogen-bond acceptors (Lipinski definition) is 6. The maximum atomic E-state index is 12.6. The van der Waals surface area contributed by atoms with Crippen molar-refractivity contribution in [1.82, 2.24) is 19.9 Å². The van der Waals surface area contributed by atoms with Crippen molar-refractivity contribution in [3.8, 4) is 5.75 Å². The lowest BCUT2D eigenvalue weighted by Crippen LogP contribution is -2.34. The first-order valence-electron chi connectivity index (χ1n) is 8.99. The van der Waals surface area contributed by atoms with Crippen LogP contribution in [0.15, 0.2) is 47.1 Å². The van der Waals surface area contributed by atoms with E-state index < -0.39 is 0 Å². The molecule has 1 fully saturated rings. The van der Waals surface area contributed by atoms with E-state index in [1.54, 1.807) is 12.3 Å². The number of likely N-dealkylation sites (tertiary alicyclic amines) is 1. The van der Waals surface area contributed by atoms with Crippen LogP contribution in [-0.2, 0) is 6.61 Å². The average Bonchev–Trinajstić information content (AvgIpc) is 3.35. The minimum Gasteiger partial charge on any atom is -0.486 e. The van der Waals surface area contributed by atoms with Crippen LogP contribution in [-0.4, -0.2) is 59.1 Å². The summed E-state index contributed by atoms with van der Waals surface area (Å²) in [7, 11) is 4.07. The van der Waals surface area contributed by atoms with Crippen LogP contribution >= 0.6 is 0 Å². The Morgan fingerprint density at radius 3 is 3.04 bits per heavy atom. The predicted octanol–water partition coefficient (Wildman–Crippen LogP) is 2.58. The van der Waals surface area contributed by atoms with E-state index >= 15 is 0 Å². The summed E-state index contributed by atoms with van der Waals surface area (Å²) in [5.41, 5.74) is 1.25. The van der Waals surface area contributed by atoms with Crippen molar-refractivity contribution in [2.24, 2.45) is 0 Å². The number of pyridine rings is 1. The number of carbonyl (C=O) groups excluding carboxylic acids is 1. The molecule has 3 aromatic rings. The summed E-state index contributed by atoms with van der Waals surface area (Å²) in [5.74, 6) is 1.15. The van der Waals surface area contributed by atoms with Gasteiger partial charge >= 0.3 is 0 Å². The molecule has 1 aliphatic heterocycles. The first kappa shape index (κ1) is 17.5. The van der Waals surface area contributed by atoms with Gasteiger partial charge in [-0.05, 0) is 44.8 Å². The molecule has 0 bridgehead atoms. The molecule has 3 heterocycles. The van der Waals surface area contributed by atoms with E-state index in [0.29, 0.717) is 23.2 Å². The number of hydrogen-bond donors (Lipinski definition) is 0. The van der Waals surface area contributed by atoms with Crippen LogP contribution < -0.4 is 4.74 Å². The van der Waals surface area contributed by atoms with Gasteiger partial charge in [-0.3, -0.25) is 9.78 Å². The van der Waals surface area contributed by atoms with Crippen LogP contribution in [0.5, 0.6) is 5.75 Å². The molecule has 0 spiro atoms. The number of carbonyl (C=O) groups is 1. The van der Waals surface area contributed by atoms with Crippen LogP contribution in [0.1, 0.15) is 22.7 Å². The van der Waals surface area contributed by atoms with Crippen molar-refractivity contribution < 1.29 is 14.1 Å². The third kappa shape index (κ3) is 3.78. The Hall–Kier alpha value is -2.93. The zero-order valence-electron chi connectivity index (χ0n) is 15.5. The number of ether oxygens (including phenoxy) is 1. The highest BCUT2D eigenvalue weighted by atomic mass is 16.5. The molecule has 1 amide bonds. The van der Waals surface area contributed by atoms with Gasteiger partial charge in [-0.2, -0.15) is 0 Å². The van der Waals surface area contributed by atoms with Crippen LogP contribution in [0.2, 0.25) is 0 Å². The van der Waals surface area contributed by atoms with Gasteiger partial charge in [0.25, 0.3) is 5.91 Å². The van der Waals surface area contributed by atoms with Crippen LogP contribution in [0.3, 0.4) is 0 Å². The van der Waals surface area contributed by atoms with Gasteiger partial charge in [0.15, 0.2) is 11.5 Å². The number of fused-ring (bicyclic) bond motifs is 1. The number of aromatic nitrogens is 2. The first-order valence-corrected chi connectivity index (χ1v) is 8.99. The van der Waals surface area contributed by atoms with Crippen molar-refractivity contribution in [3.05, 3.63) is 54.0 Å². The number of amides is 1. The van der Waals surface area contributed by atoms with E-state index in [4.69, 9.17) is 9.26 Å². The Morgan fingerprint density at radius 1 is 1.33 bits per heavy atom. The molecular formula is C20H22N4O3. The Labute approximate surface area is 157 Å². The highest BCUT2D eigenvalue weighted by Crippen LogP contribution is 2.21. The molecule has 1 aromatic carbocycles. The summed E-state index contributed by atoms with van der Waals surface area (Å²) in [6, 6.07) is 11.6. The van der Waals surface area contributed by atoms with Crippen molar-refractivity contribution >= 4 is 16.8 Å². The largest absolute Gasteiger partial charge is 0.486 e. The minimum atomic E-state index is -0.0915. The Bertz CT molecular complexity index is 953. The number of benzene rings is 1. The zero-order chi connectivity index (χ0) is 18.8. The quantitative estimate of drug-likeness (QED) is 0.691. The number of likely N-dealkylation sites (N-methyl/N-ethyl adjacent to an activating group) is 1. The molecule has 4 rings (SSSR count). The van der Waals surface area contributed by atoms with Crippen molar-refractivity contribution in [3.63, 3.8) is 0 Å². The molecule has 1 saturated heterocycles. The maximum Gasteiger partial charge on any atom is 0.276 e. The van der Waals surface area contributed by atoms with Crippen LogP contribution in [0, 0.1) is 0 Å². The van der Waals surface area contributed by atoms with Gasteiger partial charge < -0.3 is 19.1 Å². The van der Waals surface area contributed by atoms with Gasteiger partial charge in [-0.1, -0.05) is 11.2 Å². The van der Waals surface area contributed by atoms with Gasteiger partial charge in [0.05, 0.1) is 5.52 Å². The molecule has 0 saturated carbocycles. The molecule has 0 N–H and O–H groups in total. The smallest absolute Gasteiger partial charge is 0.276 e. The zero-order valence-corrected chi connectivity index (χ0v) is 15.5. The summed E-state index contributed by atoms with van der Waals surface area (Å²) in [6.07, 6.45) is 2.74. The fraction of sp³-hybridized carbons (Fsp3) is 0.350. The number of rotatable bonds is 5. The van der Waals surface area contributed by atoms with Crippen LogP contribution in [0.4, 0.5) is 0 Å². The van der Waals surface area contributed by atoms with Crippen LogP contribution in [0.25, 0.3) is 10.9 Å². The molecule has 0 aliphatic carbocycles. The third-order valence-corrected chi connectivity index (χ3v) is 4.91. The molecule has 27 heavy (non-hydrogen) atoms. The lowest BCUT2D eigenvalue weighted by molar-refractivity contribution is 0.0772. The maximum absolute atomic E-state index is 12.6. The van der Waals surface area contributed by atoms with E-state index in [1.165, 1.54) is 0 Å². The molecule has 1 aliphatic rings. The molecule has 1 unspecified atom stereocenters. The molecular weight excluding hydrogens is 344 g/mol. The normalized spacial score (nSPS) is 17.0. The molecule has 7 heteroatoms. The lowest BCUT2D eigenvalue weighted by Gasteiger charge is -2.19. The highest BCUT2D eigenvalue weighted by molar-refractivity contribution is 5.92. The molecule has 7 nitrogen and oxygen atoms in total. The highest BCUT2D eigenvalue weighted by Gasteiger charge is 2.29. The van der Waals surface area contributed by atoms with E-state index in [2.05, 4.69) is 15.0 Å². The summed E-state index contributed by atoms with van der Waals surface area (Å²) < 4.78 is 11.1. The van der Waals surface area contributed by atoms with Crippen molar-refractivity contribution in [2.75, 3.05) is 27.2 Å². The Kier molecular flexibility index (Phi) is 4.77. The van der Waals surface area contributed by atoms with Crippen molar-refractivity contribution in [2.45, 2.75) is 19.1 Å². The molecule has 2 aromatic heterocycles. The monoisotopic (exact) mass is 366 g/mol. The summed E-state index contributed by atoms with van der Waals surface area (Å²) >= 11 is 0. The van der Waals surface area contributed by atoms with Gasteiger partial charge in [0.1, 0.15) is 12.4 Å². The fourth-order valence-corrected chi connectivity index (χ4v) is 3.29. The number of nitrogens with zero attached hydrogens (tertiary/aromatic N) is 4. The van der Waals surface area contributed by atoms with E-state index in [9.17, 15) is 4.79 Å². The summed E-state index contributed by atoms with van der Waals surface area (Å²) in [6.45, 7) is 1.67. The van der Waals surface area contributed by atoms with Crippen molar-refractivity contribution in [1.29, 1.82) is 0 Å². The molecule has 0 radical (unpaired) electrons. The van der Waals surface area contributed by atoms with Gasteiger partial charge in [-0.15, -0.1) is 0 Å². The topological polar surface area (TPSA) is 71.7 Å². The fourth-order valence-electron chi connectivity index (χ4n) is 3.29. The van der Waals surface area contributed by atoms with Gasteiger partial charge in [0.2, 0.25) is 0 Å². The predicted molar refractivity (Wildman–Crippen MR) is 101 cm³/mol. The average molecular weight is 366 g/mol. The second-order valence-corrected chi connectivity index (χ2v) is 6.98. The lowest BCUT2D eigenvalue weighted by atomic mass is 10.2. The Morgan fingerprint density at radius 2 is 2.22 bits per heavy atom. The van der Waals surface area contributed by atoms with Gasteiger partial charge in [-0.25, -0.2) is 0 Å². The second kappa shape index (κ2) is 7.36. The molecule has 1 atom stereocenters. The van der Waals surface area contributed by atoms with E-state index in [-0.39, 0.29) is 12.5 Å². The van der Waals surface area contributed by atoms with E-state index in [1.807, 2.05) is 49.3 Å².